The van der Waals surface area contributed by atoms with E-state index in [2.05, 4.69) is 10.2 Å². The van der Waals surface area contributed by atoms with Gasteiger partial charge in [-0.3, -0.25) is 9.89 Å². The number of anilines is 2. The summed E-state index contributed by atoms with van der Waals surface area (Å²) >= 11 is 0. The highest BCUT2D eigenvalue weighted by Crippen LogP contribution is 2.26. The number of amides is 1. The van der Waals surface area contributed by atoms with Crippen LogP contribution in [0.5, 0.6) is 0 Å². The highest BCUT2D eigenvalue weighted by Gasteiger charge is 2.25. The molecule has 0 radical (unpaired) electrons. The third kappa shape index (κ3) is 2.74. The lowest BCUT2D eigenvalue weighted by atomic mass is 10.1. The normalized spacial score (nSPS) is 10.9. The van der Waals surface area contributed by atoms with E-state index in [0.717, 1.165) is 0 Å². The van der Waals surface area contributed by atoms with E-state index < -0.39 is 11.7 Å². The number of hydrogen-bond donors (Lipinski definition) is 2. The van der Waals surface area contributed by atoms with Crippen LogP contribution in [-0.4, -0.2) is 22.6 Å². The Morgan fingerprint density at radius 2 is 2.10 bits per heavy atom. The molecular formula is C15H19FN4O. The molecule has 2 rings (SSSR count). The summed E-state index contributed by atoms with van der Waals surface area (Å²) in [5.74, 6) is -0.739. The van der Waals surface area contributed by atoms with Crippen LogP contribution in [0, 0.1) is 5.82 Å². The molecule has 0 bridgehead atoms. The number of para-hydroxylation sites is 1. The Balaban J connectivity index is 2.40. The number of nitrogen functional groups attached to an aromatic ring is 1. The largest absolute Gasteiger partial charge is 0.395 e. The van der Waals surface area contributed by atoms with Crippen LogP contribution in [0.4, 0.5) is 15.8 Å². The van der Waals surface area contributed by atoms with Gasteiger partial charge in [-0.25, -0.2) is 4.39 Å². The molecule has 0 aliphatic rings. The van der Waals surface area contributed by atoms with Gasteiger partial charge in [-0.2, -0.15) is 5.10 Å². The number of hydrogen-bond acceptors (Lipinski definition) is 3. The Labute approximate surface area is 123 Å². The van der Waals surface area contributed by atoms with E-state index in [0.29, 0.717) is 17.9 Å². The number of H-pyrrole nitrogens is 1. The van der Waals surface area contributed by atoms with Crippen LogP contribution in [0.25, 0.3) is 0 Å². The molecule has 0 saturated heterocycles. The topological polar surface area (TPSA) is 75.0 Å². The summed E-state index contributed by atoms with van der Waals surface area (Å²) in [7, 11) is 0. The van der Waals surface area contributed by atoms with Gasteiger partial charge >= 0.3 is 0 Å². The summed E-state index contributed by atoms with van der Waals surface area (Å²) in [6, 6.07) is 6.14. The molecule has 2 aromatic rings. The molecule has 112 valence electrons. The Morgan fingerprint density at radius 1 is 1.43 bits per heavy atom. The second-order valence-corrected chi connectivity index (χ2v) is 5.06. The predicted molar refractivity (Wildman–Crippen MR) is 80.8 cm³/mol. The van der Waals surface area contributed by atoms with Gasteiger partial charge in [0, 0.05) is 6.54 Å². The fourth-order valence-corrected chi connectivity index (χ4v) is 2.19. The smallest absolute Gasteiger partial charge is 0.281 e. The highest BCUT2D eigenvalue weighted by atomic mass is 19.1. The minimum Gasteiger partial charge on any atom is -0.395 e. The van der Waals surface area contributed by atoms with E-state index in [1.54, 1.807) is 25.1 Å². The molecule has 3 N–H and O–H groups in total. The van der Waals surface area contributed by atoms with Crippen molar-refractivity contribution in [2.24, 2.45) is 0 Å². The van der Waals surface area contributed by atoms with Crippen molar-refractivity contribution in [1.29, 1.82) is 0 Å². The number of nitrogens with zero attached hydrogens (tertiary/aromatic N) is 2. The van der Waals surface area contributed by atoms with Crippen LogP contribution in [0.2, 0.25) is 0 Å². The first-order valence-corrected chi connectivity index (χ1v) is 6.87. The van der Waals surface area contributed by atoms with Crippen molar-refractivity contribution >= 4 is 17.3 Å². The number of aromatic amines is 1. The second kappa shape index (κ2) is 5.95. The van der Waals surface area contributed by atoms with Crippen LogP contribution in [-0.2, 0) is 0 Å². The Kier molecular flexibility index (Phi) is 4.26. The summed E-state index contributed by atoms with van der Waals surface area (Å²) in [5, 5.41) is 6.78. The Morgan fingerprint density at radius 3 is 2.62 bits per heavy atom. The number of carbonyl (C=O) groups excluding carboxylic acids is 1. The molecule has 1 heterocycles. The van der Waals surface area contributed by atoms with Gasteiger partial charge in [0.05, 0.1) is 17.1 Å². The van der Waals surface area contributed by atoms with Gasteiger partial charge in [0.15, 0.2) is 5.69 Å². The van der Waals surface area contributed by atoms with Gasteiger partial charge in [-0.05, 0) is 25.0 Å². The predicted octanol–water partition coefficient (Wildman–Crippen LogP) is 2.92. The number of nitrogens with one attached hydrogen (secondary N) is 1. The number of carbonyl (C=O) groups is 1. The lowest BCUT2D eigenvalue weighted by Gasteiger charge is -2.20. The second-order valence-electron chi connectivity index (χ2n) is 5.06. The van der Waals surface area contributed by atoms with Crippen molar-refractivity contribution in [3.63, 3.8) is 0 Å². The monoisotopic (exact) mass is 290 g/mol. The molecule has 1 amide bonds. The first-order chi connectivity index (χ1) is 9.97. The van der Waals surface area contributed by atoms with E-state index in [9.17, 15) is 9.18 Å². The van der Waals surface area contributed by atoms with Crippen LogP contribution in [0.15, 0.2) is 24.3 Å². The van der Waals surface area contributed by atoms with Crippen molar-refractivity contribution in [2.75, 3.05) is 17.2 Å². The SMILES string of the molecule is CCN(C(=O)c1n[nH]c(C(C)C)c1N)c1ccccc1F. The van der Waals surface area contributed by atoms with Crippen molar-refractivity contribution in [3.05, 3.63) is 41.5 Å². The number of rotatable bonds is 4. The van der Waals surface area contributed by atoms with E-state index >= 15 is 0 Å². The lowest BCUT2D eigenvalue weighted by Crippen LogP contribution is -2.32. The summed E-state index contributed by atoms with van der Waals surface area (Å²) < 4.78 is 13.9. The minimum atomic E-state index is -0.453. The fraction of sp³-hybridized carbons (Fsp3) is 0.333. The van der Waals surface area contributed by atoms with E-state index in [-0.39, 0.29) is 17.3 Å². The Bertz CT molecular complexity index is 651. The molecular weight excluding hydrogens is 271 g/mol. The molecule has 0 spiro atoms. The maximum Gasteiger partial charge on any atom is 0.281 e. The third-order valence-corrected chi connectivity index (χ3v) is 3.32. The molecule has 0 saturated carbocycles. The molecule has 0 aliphatic heterocycles. The zero-order valence-corrected chi connectivity index (χ0v) is 12.4. The van der Waals surface area contributed by atoms with Crippen molar-refractivity contribution < 1.29 is 9.18 Å². The van der Waals surface area contributed by atoms with Gasteiger partial charge < -0.3 is 10.6 Å². The average Bonchev–Trinajstić information content (AvgIpc) is 2.83. The number of nitrogens with two attached hydrogens (primary N) is 1. The van der Waals surface area contributed by atoms with Crippen LogP contribution >= 0.6 is 0 Å². The molecule has 5 nitrogen and oxygen atoms in total. The van der Waals surface area contributed by atoms with Gasteiger partial charge in [-0.15, -0.1) is 0 Å². The molecule has 1 aromatic heterocycles. The average molecular weight is 290 g/mol. The van der Waals surface area contributed by atoms with E-state index in [1.165, 1.54) is 11.0 Å². The summed E-state index contributed by atoms with van der Waals surface area (Å²) in [6.45, 7) is 6.00. The minimum absolute atomic E-state index is 0.127. The number of benzene rings is 1. The van der Waals surface area contributed by atoms with E-state index in [1.807, 2.05) is 13.8 Å². The fourth-order valence-electron chi connectivity index (χ4n) is 2.19. The quantitative estimate of drug-likeness (QED) is 0.909. The van der Waals surface area contributed by atoms with Crippen molar-refractivity contribution in [2.45, 2.75) is 26.7 Å². The molecule has 1 aromatic carbocycles. The zero-order valence-electron chi connectivity index (χ0n) is 12.4. The Hall–Kier alpha value is -2.37. The maximum absolute atomic E-state index is 13.9. The van der Waals surface area contributed by atoms with Gasteiger partial charge in [0.1, 0.15) is 5.82 Å². The summed E-state index contributed by atoms with van der Waals surface area (Å²) in [5.41, 5.74) is 7.36. The van der Waals surface area contributed by atoms with E-state index in [4.69, 9.17) is 5.73 Å². The van der Waals surface area contributed by atoms with Crippen LogP contribution < -0.4 is 10.6 Å². The molecule has 21 heavy (non-hydrogen) atoms. The van der Waals surface area contributed by atoms with Crippen molar-refractivity contribution in [1.82, 2.24) is 10.2 Å². The van der Waals surface area contributed by atoms with Gasteiger partial charge in [0.25, 0.3) is 5.91 Å². The zero-order chi connectivity index (χ0) is 15.6. The third-order valence-electron chi connectivity index (χ3n) is 3.32. The highest BCUT2D eigenvalue weighted by molar-refractivity contribution is 6.08. The van der Waals surface area contributed by atoms with Gasteiger partial charge in [-0.1, -0.05) is 26.0 Å². The molecule has 0 fully saturated rings. The van der Waals surface area contributed by atoms with Gasteiger partial charge in [0.2, 0.25) is 0 Å². The van der Waals surface area contributed by atoms with Crippen LogP contribution in [0.3, 0.4) is 0 Å². The lowest BCUT2D eigenvalue weighted by molar-refractivity contribution is 0.0983. The van der Waals surface area contributed by atoms with Crippen LogP contribution in [0.1, 0.15) is 42.9 Å². The molecule has 6 heteroatoms. The molecule has 0 atom stereocenters. The first kappa shape index (κ1) is 15.0. The standard InChI is InChI=1S/C15H19FN4O/c1-4-20(11-8-6-5-7-10(11)16)15(21)14-12(17)13(9(2)3)18-19-14/h5-9H,4,17H2,1-3H3,(H,18,19). The first-order valence-electron chi connectivity index (χ1n) is 6.87. The molecule has 0 unspecified atom stereocenters. The molecule has 0 aliphatic carbocycles. The number of aromatic nitrogens is 2. The number of halogens is 1. The van der Waals surface area contributed by atoms with Crippen molar-refractivity contribution in [3.8, 4) is 0 Å². The maximum atomic E-state index is 13.9. The summed E-state index contributed by atoms with van der Waals surface area (Å²) in [4.78, 5) is 13.9. The summed E-state index contributed by atoms with van der Waals surface area (Å²) in [6.07, 6.45) is 0.